The number of anilines is 2. The van der Waals surface area contributed by atoms with Crippen molar-refractivity contribution in [3.8, 4) is 5.69 Å². The average Bonchev–Trinajstić information content (AvgIpc) is 3.41. The van der Waals surface area contributed by atoms with E-state index in [4.69, 9.17) is 5.10 Å². The van der Waals surface area contributed by atoms with Gasteiger partial charge in [-0.3, -0.25) is 15.1 Å². The van der Waals surface area contributed by atoms with E-state index in [9.17, 15) is 9.59 Å². The summed E-state index contributed by atoms with van der Waals surface area (Å²) in [5.74, 6) is 1.12. The number of hydrogen-bond acceptors (Lipinski definition) is 5. The molecule has 0 radical (unpaired) electrons. The third-order valence-corrected chi connectivity index (χ3v) is 7.93. The predicted molar refractivity (Wildman–Crippen MR) is 168 cm³/mol. The lowest BCUT2D eigenvalue weighted by molar-refractivity contribution is 0.0959. The van der Waals surface area contributed by atoms with E-state index in [1.165, 1.54) is 0 Å². The van der Waals surface area contributed by atoms with Gasteiger partial charge in [-0.05, 0) is 86.7 Å². The van der Waals surface area contributed by atoms with Crippen LogP contribution in [-0.2, 0) is 5.41 Å². The van der Waals surface area contributed by atoms with Crippen molar-refractivity contribution < 1.29 is 9.59 Å². The molecule has 42 heavy (non-hydrogen) atoms. The van der Waals surface area contributed by atoms with Crippen molar-refractivity contribution in [1.82, 2.24) is 20.1 Å². The Labute approximate surface area is 248 Å². The molecule has 1 aliphatic heterocycles. The molecule has 1 saturated heterocycles. The van der Waals surface area contributed by atoms with Crippen LogP contribution in [0.3, 0.4) is 0 Å². The Hall–Kier alpha value is -4.30. The van der Waals surface area contributed by atoms with Gasteiger partial charge in [0.25, 0.3) is 0 Å². The Bertz CT molecular complexity index is 1520. The number of benzene rings is 2. The second-order valence-electron chi connectivity index (χ2n) is 12.2. The normalized spacial score (nSPS) is 14.8. The Balaban J connectivity index is 1.36. The number of pyridine rings is 1. The zero-order valence-electron chi connectivity index (χ0n) is 24.9. The van der Waals surface area contributed by atoms with Crippen LogP contribution in [0.15, 0.2) is 79.1 Å². The molecule has 5 rings (SSSR count). The molecule has 2 aromatic carbocycles. The van der Waals surface area contributed by atoms with Crippen LogP contribution in [0.5, 0.6) is 0 Å². The first kappa shape index (κ1) is 29.2. The van der Waals surface area contributed by atoms with Crippen molar-refractivity contribution >= 4 is 23.3 Å². The highest BCUT2D eigenvalue weighted by atomic mass is 16.2. The number of urea groups is 1. The number of Topliss-reactive ketones (excluding diaryl/α,β-unsaturated/α-hetero) is 1. The summed E-state index contributed by atoms with van der Waals surface area (Å²) < 4.78 is 1.77. The zero-order chi connectivity index (χ0) is 29.7. The summed E-state index contributed by atoms with van der Waals surface area (Å²) >= 11 is 0. The molecular formula is C34H40N6O2. The molecule has 8 nitrogen and oxygen atoms in total. The van der Waals surface area contributed by atoms with Crippen molar-refractivity contribution in [3.05, 3.63) is 102 Å². The Morgan fingerprint density at radius 1 is 0.976 bits per heavy atom. The topological polar surface area (TPSA) is 101 Å². The maximum absolute atomic E-state index is 13.3. The average molecular weight is 565 g/mol. The molecule has 1 fully saturated rings. The van der Waals surface area contributed by atoms with Gasteiger partial charge in [-0.25, -0.2) is 9.48 Å². The SMILES string of the molecule is Cc1ccc(-n2nc(C(C)(C)C)cc2NC(=O)Nc2cccc(C(CC(=O)c3ccncc3)C3CCNCC3)c2)cc1. The fraction of sp³-hybridized carbons (Fsp3) is 0.353. The van der Waals surface area contributed by atoms with Crippen molar-refractivity contribution in [3.63, 3.8) is 0 Å². The first-order valence-corrected chi connectivity index (χ1v) is 14.7. The van der Waals surface area contributed by atoms with Crippen LogP contribution in [-0.4, -0.2) is 39.7 Å². The third kappa shape index (κ3) is 7.12. The molecule has 218 valence electrons. The molecule has 0 spiro atoms. The van der Waals surface area contributed by atoms with E-state index in [1.807, 2.05) is 55.5 Å². The van der Waals surface area contributed by atoms with Gasteiger partial charge < -0.3 is 10.6 Å². The van der Waals surface area contributed by atoms with Crippen molar-refractivity contribution in [2.45, 2.75) is 58.3 Å². The number of amides is 2. The number of carbonyl (C=O) groups is 2. The van der Waals surface area contributed by atoms with Gasteiger partial charge in [-0.2, -0.15) is 5.10 Å². The summed E-state index contributed by atoms with van der Waals surface area (Å²) in [5.41, 5.74) is 5.13. The van der Waals surface area contributed by atoms with E-state index < -0.39 is 0 Å². The fourth-order valence-corrected chi connectivity index (χ4v) is 5.50. The summed E-state index contributed by atoms with van der Waals surface area (Å²) in [6.45, 7) is 10.2. The van der Waals surface area contributed by atoms with Gasteiger partial charge in [-0.15, -0.1) is 0 Å². The Kier molecular flexibility index (Phi) is 8.83. The molecule has 4 aromatic rings. The number of rotatable bonds is 8. The monoisotopic (exact) mass is 564 g/mol. The van der Waals surface area contributed by atoms with E-state index in [1.54, 1.807) is 29.2 Å². The zero-order valence-corrected chi connectivity index (χ0v) is 24.9. The number of carbonyl (C=O) groups excluding carboxylic acids is 2. The maximum Gasteiger partial charge on any atom is 0.324 e. The molecule has 2 amide bonds. The summed E-state index contributed by atoms with van der Waals surface area (Å²) in [4.78, 5) is 30.6. The Morgan fingerprint density at radius 3 is 2.38 bits per heavy atom. The smallest absolute Gasteiger partial charge is 0.317 e. The van der Waals surface area contributed by atoms with Gasteiger partial charge in [0.15, 0.2) is 5.78 Å². The lowest BCUT2D eigenvalue weighted by Gasteiger charge is -2.31. The summed E-state index contributed by atoms with van der Waals surface area (Å²) in [5, 5.41) is 14.3. The lowest BCUT2D eigenvalue weighted by atomic mass is 9.77. The highest BCUT2D eigenvalue weighted by Gasteiger charge is 2.28. The minimum absolute atomic E-state index is 0.0508. The van der Waals surface area contributed by atoms with Crippen LogP contribution >= 0.6 is 0 Å². The van der Waals surface area contributed by atoms with Crippen molar-refractivity contribution in [2.75, 3.05) is 23.7 Å². The summed E-state index contributed by atoms with van der Waals surface area (Å²) in [6, 6.07) is 21.1. The predicted octanol–water partition coefficient (Wildman–Crippen LogP) is 6.87. The second kappa shape index (κ2) is 12.7. The number of aryl methyl sites for hydroxylation is 1. The molecule has 0 saturated carbocycles. The largest absolute Gasteiger partial charge is 0.324 e. The molecule has 8 heteroatoms. The van der Waals surface area contributed by atoms with E-state index in [-0.39, 0.29) is 23.1 Å². The van der Waals surface area contributed by atoms with Gasteiger partial charge in [0.1, 0.15) is 5.82 Å². The first-order valence-electron chi connectivity index (χ1n) is 14.7. The van der Waals surface area contributed by atoms with Gasteiger partial charge in [0, 0.05) is 41.5 Å². The highest BCUT2D eigenvalue weighted by Crippen LogP contribution is 2.36. The molecule has 1 aliphatic rings. The molecule has 1 unspecified atom stereocenters. The van der Waals surface area contributed by atoms with E-state index in [0.717, 1.165) is 48.4 Å². The molecular weight excluding hydrogens is 524 g/mol. The third-order valence-electron chi connectivity index (χ3n) is 7.93. The number of hydrogen-bond donors (Lipinski definition) is 3. The van der Waals surface area contributed by atoms with Crippen LogP contribution < -0.4 is 16.0 Å². The van der Waals surface area contributed by atoms with Gasteiger partial charge in [0.2, 0.25) is 0 Å². The summed E-state index contributed by atoms with van der Waals surface area (Å²) in [7, 11) is 0. The molecule has 2 aromatic heterocycles. The molecule has 0 bridgehead atoms. The number of piperidine rings is 1. The standard InChI is InChI=1S/C34H40N6O2/c1-23-8-10-28(11-9-23)40-32(22-31(39-40)34(2,3)4)38-33(42)37-27-7-5-6-26(20-27)29(24-12-16-35-17-13-24)21-30(41)25-14-18-36-19-15-25/h5-11,14-15,18-20,22,24,29,35H,12-13,16-17,21H2,1-4H3,(H2,37,38,42). The molecule has 3 heterocycles. The van der Waals surface area contributed by atoms with E-state index in [0.29, 0.717) is 29.4 Å². The van der Waals surface area contributed by atoms with Crippen LogP contribution in [0, 0.1) is 12.8 Å². The number of nitrogens with zero attached hydrogens (tertiary/aromatic N) is 3. The fourth-order valence-electron chi connectivity index (χ4n) is 5.50. The first-order chi connectivity index (χ1) is 20.2. The molecule has 3 N–H and O–H groups in total. The van der Waals surface area contributed by atoms with Crippen LogP contribution in [0.25, 0.3) is 5.69 Å². The van der Waals surface area contributed by atoms with Gasteiger partial charge in [-0.1, -0.05) is 50.6 Å². The highest BCUT2D eigenvalue weighted by molar-refractivity contribution is 5.99. The van der Waals surface area contributed by atoms with Crippen LogP contribution in [0.4, 0.5) is 16.3 Å². The minimum Gasteiger partial charge on any atom is -0.317 e. The maximum atomic E-state index is 13.3. The van der Waals surface area contributed by atoms with Gasteiger partial charge in [0.05, 0.1) is 11.4 Å². The number of nitrogens with one attached hydrogen (secondary N) is 3. The van der Waals surface area contributed by atoms with Crippen molar-refractivity contribution in [2.24, 2.45) is 5.92 Å². The summed E-state index contributed by atoms with van der Waals surface area (Å²) in [6.07, 6.45) is 5.74. The Morgan fingerprint density at radius 2 is 1.69 bits per heavy atom. The van der Waals surface area contributed by atoms with E-state index >= 15 is 0 Å². The van der Waals surface area contributed by atoms with Crippen LogP contribution in [0.1, 0.15) is 73.1 Å². The van der Waals surface area contributed by atoms with E-state index in [2.05, 4.69) is 47.8 Å². The van der Waals surface area contributed by atoms with Crippen LogP contribution in [0.2, 0.25) is 0 Å². The van der Waals surface area contributed by atoms with Gasteiger partial charge >= 0.3 is 6.03 Å². The van der Waals surface area contributed by atoms with Crippen molar-refractivity contribution in [1.29, 1.82) is 0 Å². The number of aromatic nitrogens is 3. The molecule has 0 aliphatic carbocycles. The number of ketones is 1. The quantitative estimate of drug-likeness (QED) is 0.203. The lowest BCUT2D eigenvalue weighted by Crippen LogP contribution is -2.31. The molecule has 1 atom stereocenters. The minimum atomic E-state index is -0.354. The second-order valence-corrected chi connectivity index (χ2v) is 12.2.